The minimum absolute atomic E-state index is 0.0216. The number of hydrogen-bond donors (Lipinski definition) is 0. The van der Waals surface area contributed by atoms with Gasteiger partial charge in [0.15, 0.2) is 0 Å². The molecule has 0 N–H and O–H groups in total. The van der Waals surface area contributed by atoms with Gasteiger partial charge in [-0.05, 0) is 34.9 Å². The molecule has 0 unspecified atom stereocenters. The Hall–Kier alpha value is -1.51. The smallest absolute Gasteiger partial charge is 0.437 e. The largest absolute Gasteiger partial charge is 0.513 e. The molecule has 106 valence electrons. The maximum Gasteiger partial charge on any atom is 0.513 e. The summed E-state index contributed by atoms with van der Waals surface area (Å²) >= 11 is 0. The fourth-order valence-electron chi connectivity index (χ4n) is 2.55. The highest BCUT2D eigenvalue weighted by atomic mass is 16.7. The number of methoxy groups -OCH3 is 1. The molecule has 0 saturated heterocycles. The molecule has 0 aromatic heterocycles. The second-order valence-electron chi connectivity index (χ2n) is 6.71. The third-order valence-electron chi connectivity index (χ3n) is 2.96. The van der Waals surface area contributed by atoms with Crippen LogP contribution in [0.3, 0.4) is 0 Å². The summed E-state index contributed by atoms with van der Waals surface area (Å²) in [4.78, 5) is 11.1. The lowest BCUT2D eigenvalue weighted by Crippen LogP contribution is -2.24. The molecule has 0 fully saturated rings. The van der Waals surface area contributed by atoms with Crippen molar-refractivity contribution in [1.29, 1.82) is 0 Å². The molecule has 0 aliphatic rings. The lowest BCUT2D eigenvalue weighted by Gasteiger charge is -2.33. The highest BCUT2D eigenvalue weighted by molar-refractivity contribution is 5.63. The van der Waals surface area contributed by atoms with Crippen LogP contribution in [0.25, 0.3) is 0 Å². The van der Waals surface area contributed by atoms with E-state index in [0.29, 0.717) is 5.75 Å². The third-order valence-corrected chi connectivity index (χ3v) is 2.96. The van der Waals surface area contributed by atoms with Crippen LogP contribution >= 0.6 is 0 Å². The molecule has 0 radical (unpaired) electrons. The molecule has 1 aromatic carbocycles. The number of carbonyl (C=O) groups is 1. The lowest BCUT2D eigenvalue weighted by molar-refractivity contribution is 0.121. The van der Waals surface area contributed by atoms with Crippen LogP contribution in [0.2, 0.25) is 0 Å². The average Bonchev–Trinajstić information content (AvgIpc) is 2.26. The molecular weight excluding hydrogens is 240 g/mol. The van der Waals surface area contributed by atoms with E-state index < -0.39 is 6.16 Å². The maximum atomic E-state index is 11.1. The van der Waals surface area contributed by atoms with Gasteiger partial charge in [0.05, 0.1) is 7.11 Å². The second-order valence-corrected chi connectivity index (χ2v) is 6.71. The molecule has 0 aliphatic heterocycles. The summed E-state index contributed by atoms with van der Waals surface area (Å²) in [7, 11) is 1.30. The zero-order valence-corrected chi connectivity index (χ0v) is 12.7. The Morgan fingerprint density at radius 3 is 2.32 bits per heavy atom. The van der Waals surface area contributed by atoms with Crippen LogP contribution < -0.4 is 4.74 Å². The summed E-state index contributed by atoms with van der Waals surface area (Å²) in [5.74, 6) is 0.520. The Bertz CT molecular complexity index is 442. The lowest BCUT2D eigenvalue weighted by atomic mass is 9.72. The van der Waals surface area contributed by atoms with Gasteiger partial charge in [-0.25, -0.2) is 4.79 Å². The van der Waals surface area contributed by atoms with Gasteiger partial charge < -0.3 is 9.47 Å². The highest BCUT2D eigenvalue weighted by Gasteiger charge is 2.27. The molecule has 0 heterocycles. The van der Waals surface area contributed by atoms with Crippen LogP contribution in [0.5, 0.6) is 5.75 Å². The van der Waals surface area contributed by atoms with Gasteiger partial charge in [0.25, 0.3) is 0 Å². The van der Waals surface area contributed by atoms with Crippen molar-refractivity contribution < 1.29 is 14.3 Å². The minimum Gasteiger partial charge on any atom is -0.437 e. The predicted molar refractivity (Wildman–Crippen MR) is 76.6 cm³/mol. The minimum atomic E-state index is -0.689. The number of ether oxygens (including phenoxy) is 2. The monoisotopic (exact) mass is 264 g/mol. The van der Waals surface area contributed by atoms with E-state index in [0.717, 1.165) is 12.0 Å². The first-order valence-corrected chi connectivity index (χ1v) is 6.50. The van der Waals surface area contributed by atoms with Gasteiger partial charge in [-0.1, -0.05) is 46.8 Å². The van der Waals surface area contributed by atoms with Crippen LogP contribution in [-0.2, 0) is 10.2 Å². The van der Waals surface area contributed by atoms with Crippen molar-refractivity contribution in [2.24, 2.45) is 5.41 Å². The van der Waals surface area contributed by atoms with Crippen molar-refractivity contribution >= 4 is 6.16 Å². The van der Waals surface area contributed by atoms with E-state index in [9.17, 15) is 4.79 Å². The van der Waals surface area contributed by atoms with Crippen LogP contribution in [0.1, 0.15) is 46.6 Å². The Labute approximate surface area is 115 Å². The van der Waals surface area contributed by atoms with Crippen molar-refractivity contribution in [2.45, 2.75) is 46.5 Å². The van der Waals surface area contributed by atoms with E-state index in [2.05, 4.69) is 45.4 Å². The Morgan fingerprint density at radius 2 is 1.79 bits per heavy atom. The molecule has 19 heavy (non-hydrogen) atoms. The molecule has 0 saturated carbocycles. The zero-order valence-electron chi connectivity index (χ0n) is 12.7. The van der Waals surface area contributed by atoms with Gasteiger partial charge >= 0.3 is 6.16 Å². The summed E-state index contributed by atoms with van der Waals surface area (Å²) in [6.45, 7) is 11.1. The topological polar surface area (TPSA) is 35.5 Å². The first kappa shape index (κ1) is 15.5. The summed E-state index contributed by atoms with van der Waals surface area (Å²) < 4.78 is 9.57. The molecule has 0 spiro atoms. The van der Waals surface area contributed by atoms with E-state index in [1.54, 1.807) is 6.07 Å². The Balaban J connectivity index is 2.95. The quantitative estimate of drug-likeness (QED) is 0.593. The Morgan fingerprint density at radius 1 is 1.16 bits per heavy atom. The Kier molecular flexibility index (Phi) is 4.61. The average molecular weight is 264 g/mol. The fourth-order valence-corrected chi connectivity index (χ4v) is 2.55. The summed E-state index contributed by atoms with van der Waals surface area (Å²) in [6.07, 6.45) is 0.354. The van der Waals surface area contributed by atoms with Gasteiger partial charge in [0.2, 0.25) is 0 Å². The van der Waals surface area contributed by atoms with Crippen LogP contribution in [0.15, 0.2) is 24.3 Å². The van der Waals surface area contributed by atoms with E-state index in [1.807, 2.05) is 12.1 Å². The van der Waals surface area contributed by atoms with Crippen molar-refractivity contribution in [3.8, 4) is 5.75 Å². The normalized spacial score (nSPS) is 12.1. The van der Waals surface area contributed by atoms with Gasteiger partial charge in [-0.2, -0.15) is 0 Å². The van der Waals surface area contributed by atoms with Crippen LogP contribution in [-0.4, -0.2) is 13.3 Å². The second kappa shape index (κ2) is 5.64. The summed E-state index contributed by atoms with van der Waals surface area (Å²) in [5.41, 5.74) is 1.42. The molecule has 0 bridgehead atoms. The first-order chi connectivity index (χ1) is 8.64. The van der Waals surface area contributed by atoms with Crippen molar-refractivity contribution in [3.05, 3.63) is 29.8 Å². The molecule has 0 atom stereocenters. The van der Waals surface area contributed by atoms with Gasteiger partial charge in [-0.15, -0.1) is 0 Å². The fraction of sp³-hybridized carbons (Fsp3) is 0.562. The number of benzene rings is 1. The maximum absolute atomic E-state index is 11.1. The zero-order chi connectivity index (χ0) is 14.7. The molecule has 0 amide bonds. The van der Waals surface area contributed by atoms with Crippen LogP contribution in [0, 0.1) is 5.41 Å². The van der Waals surface area contributed by atoms with E-state index in [1.165, 1.54) is 7.11 Å². The highest BCUT2D eigenvalue weighted by Crippen LogP contribution is 2.37. The van der Waals surface area contributed by atoms with E-state index >= 15 is 0 Å². The van der Waals surface area contributed by atoms with Gasteiger partial charge in [-0.3, -0.25) is 0 Å². The van der Waals surface area contributed by atoms with Crippen LogP contribution in [0.4, 0.5) is 4.79 Å². The number of carbonyl (C=O) groups excluding carboxylic acids is 1. The van der Waals surface area contributed by atoms with Crippen molar-refractivity contribution in [1.82, 2.24) is 0 Å². The van der Waals surface area contributed by atoms with E-state index in [4.69, 9.17) is 4.74 Å². The molecule has 3 heteroatoms. The number of rotatable bonds is 3. The van der Waals surface area contributed by atoms with Gasteiger partial charge in [0.1, 0.15) is 5.75 Å². The third kappa shape index (κ3) is 4.93. The molecule has 1 rings (SSSR count). The number of hydrogen-bond acceptors (Lipinski definition) is 3. The SMILES string of the molecule is COC(=O)Oc1cccc(C(C)(C)CC(C)(C)C)c1. The predicted octanol–water partition coefficient (Wildman–Crippen LogP) is 4.55. The molecule has 3 nitrogen and oxygen atoms in total. The molecule has 0 aliphatic carbocycles. The van der Waals surface area contributed by atoms with Crippen molar-refractivity contribution in [3.63, 3.8) is 0 Å². The first-order valence-electron chi connectivity index (χ1n) is 6.50. The summed E-state index contributed by atoms with van der Waals surface area (Å²) in [5, 5.41) is 0. The van der Waals surface area contributed by atoms with Gasteiger partial charge in [0, 0.05) is 0 Å². The van der Waals surface area contributed by atoms with Crippen molar-refractivity contribution in [2.75, 3.05) is 7.11 Å². The molecule has 1 aromatic rings. The van der Waals surface area contributed by atoms with E-state index in [-0.39, 0.29) is 10.8 Å². The molecular formula is C16H24O3. The summed E-state index contributed by atoms with van der Waals surface area (Å²) in [6, 6.07) is 7.63. The standard InChI is InChI=1S/C16H24O3/c1-15(2,3)11-16(4,5)12-8-7-9-13(10-12)19-14(17)18-6/h7-10H,11H2,1-6H3.